The van der Waals surface area contributed by atoms with Crippen molar-refractivity contribution in [1.82, 2.24) is 9.36 Å². The van der Waals surface area contributed by atoms with Crippen molar-refractivity contribution in [1.29, 1.82) is 0 Å². The number of hydrogen-bond acceptors (Lipinski definition) is 5. The lowest BCUT2D eigenvalue weighted by molar-refractivity contribution is 0.102. The number of hydrogen-bond donors (Lipinski definition) is 1. The molecule has 3 aromatic rings. The van der Waals surface area contributed by atoms with Gasteiger partial charge in [-0.2, -0.15) is 0 Å². The van der Waals surface area contributed by atoms with Crippen molar-refractivity contribution in [3.63, 3.8) is 0 Å². The Kier molecular flexibility index (Phi) is 3.88. The van der Waals surface area contributed by atoms with Crippen LogP contribution in [0.25, 0.3) is 0 Å². The number of para-hydroxylation sites is 1. The highest BCUT2D eigenvalue weighted by Gasteiger charge is 2.07. The van der Waals surface area contributed by atoms with E-state index in [1.807, 2.05) is 30.3 Å². The average Bonchev–Trinajstić information content (AvgIpc) is 3.05. The van der Waals surface area contributed by atoms with Crippen molar-refractivity contribution in [2.24, 2.45) is 0 Å². The van der Waals surface area contributed by atoms with E-state index in [4.69, 9.17) is 4.74 Å². The zero-order chi connectivity index (χ0) is 14.5. The monoisotopic (exact) mass is 297 g/mol. The van der Waals surface area contributed by atoms with E-state index >= 15 is 0 Å². The minimum absolute atomic E-state index is 0.206. The first kappa shape index (κ1) is 13.3. The maximum Gasteiger partial charge on any atom is 0.258 e. The summed E-state index contributed by atoms with van der Waals surface area (Å²) in [6.45, 7) is 0. The fourth-order valence-electron chi connectivity index (χ4n) is 1.64. The van der Waals surface area contributed by atoms with Gasteiger partial charge in [0.25, 0.3) is 5.91 Å². The second kappa shape index (κ2) is 6.15. The summed E-state index contributed by atoms with van der Waals surface area (Å²) >= 11 is 1.24. The SMILES string of the molecule is O=C(Nc1ccc(Oc2ccccc2)nc1)c1cnsc1. The fraction of sp³-hybridized carbons (Fsp3) is 0. The van der Waals surface area contributed by atoms with Gasteiger partial charge in [-0.3, -0.25) is 4.79 Å². The zero-order valence-electron chi connectivity index (χ0n) is 10.9. The number of ether oxygens (including phenoxy) is 1. The first-order valence-corrected chi connectivity index (χ1v) is 7.04. The molecule has 2 aromatic heterocycles. The topological polar surface area (TPSA) is 64.1 Å². The number of carbonyl (C=O) groups is 1. The molecule has 0 saturated heterocycles. The van der Waals surface area contributed by atoms with Crippen LogP contribution in [0, 0.1) is 0 Å². The number of pyridine rings is 1. The van der Waals surface area contributed by atoms with Crippen molar-refractivity contribution >= 4 is 23.1 Å². The van der Waals surface area contributed by atoms with Crippen LogP contribution in [-0.2, 0) is 0 Å². The third-order valence-electron chi connectivity index (χ3n) is 2.65. The molecular weight excluding hydrogens is 286 g/mol. The van der Waals surface area contributed by atoms with Crippen molar-refractivity contribution in [3.05, 3.63) is 65.8 Å². The summed E-state index contributed by atoms with van der Waals surface area (Å²) in [6, 6.07) is 12.8. The minimum Gasteiger partial charge on any atom is -0.439 e. The molecule has 5 nitrogen and oxygen atoms in total. The molecule has 0 unspecified atom stereocenters. The maximum atomic E-state index is 11.8. The van der Waals surface area contributed by atoms with E-state index in [0.717, 1.165) is 0 Å². The summed E-state index contributed by atoms with van der Waals surface area (Å²) in [5.74, 6) is 0.977. The van der Waals surface area contributed by atoms with Crippen LogP contribution in [-0.4, -0.2) is 15.3 Å². The molecule has 21 heavy (non-hydrogen) atoms. The van der Waals surface area contributed by atoms with Gasteiger partial charge in [0, 0.05) is 11.4 Å². The molecule has 0 aliphatic carbocycles. The van der Waals surface area contributed by atoms with Gasteiger partial charge in [-0.15, -0.1) is 0 Å². The molecule has 1 aromatic carbocycles. The molecule has 0 radical (unpaired) electrons. The molecule has 0 fully saturated rings. The number of aromatic nitrogens is 2. The van der Waals surface area contributed by atoms with Crippen LogP contribution in [0.3, 0.4) is 0 Å². The third kappa shape index (κ3) is 3.43. The lowest BCUT2D eigenvalue weighted by Gasteiger charge is -2.06. The number of nitrogens with one attached hydrogen (secondary N) is 1. The summed E-state index contributed by atoms with van der Waals surface area (Å²) in [5.41, 5.74) is 1.14. The Bertz CT molecular complexity index is 712. The number of amides is 1. The second-order valence-electron chi connectivity index (χ2n) is 4.17. The van der Waals surface area contributed by atoms with Crippen molar-refractivity contribution in [3.8, 4) is 11.6 Å². The number of rotatable bonds is 4. The predicted octanol–water partition coefficient (Wildman–Crippen LogP) is 3.58. The molecule has 0 saturated carbocycles. The standard InChI is InChI=1S/C15H11N3O2S/c19-15(11-8-17-21-10-11)18-12-6-7-14(16-9-12)20-13-4-2-1-3-5-13/h1-10H,(H,18,19). The highest BCUT2D eigenvalue weighted by atomic mass is 32.1. The van der Waals surface area contributed by atoms with Crippen LogP contribution in [0.5, 0.6) is 11.6 Å². The molecular formula is C15H11N3O2S. The fourth-order valence-corrected chi connectivity index (χ4v) is 2.16. The Morgan fingerprint density at radius 2 is 1.95 bits per heavy atom. The van der Waals surface area contributed by atoms with Gasteiger partial charge < -0.3 is 10.1 Å². The Morgan fingerprint density at radius 1 is 1.10 bits per heavy atom. The van der Waals surface area contributed by atoms with Crippen LogP contribution < -0.4 is 10.1 Å². The van der Waals surface area contributed by atoms with Crippen LogP contribution in [0.4, 0.5) is 5.69 Å². The van der Waals surface area contributed by atoms with E-state index in [2.05, 4.69) is 14.7 Å². The summed E-state index contributed by atoms with van der Waals surface area (Å²) in [5, 5.41) is 4.44. The number of carbonyl (C=O) groups excluding carboxylic acids is 1. The lowest BCUT2D eigenvalue weighted by atomic mass is 10.3. The molecule has 2 heterocycles. The minimum atomic E-state index is -0.206. The molecule has 0 aliphatic heterocycles. The predicted molar refractivity (Wildman–Crippen MR) is 80.8 cm³/mol. The van der Waals surface area contributed by atoms with Gasteiger partial charge in [0.05, 0.1) is 23.6 Å². The van der Waals surface area contributed by atoms with Gasteiger partial charge in [-0.1, -0.05) is 18.2 Å². The normalized spacial score (nSPS) is 10.1. The van der Waals surface area contributed by atoms with E-state index in [1.54, 1.807) is 23.7 Å². The van der Waals surface area contributed by atoms with Crippen LogP contribution >= 0.6 is 11.5 Å². The van der Waals surface area contributed by atoms with Gasteiger partial charge >= 0.3 is 0 Å². The maximum absolute atomic E-state index is 11.8. The lowest BCUT2D eigenvalue weighted by Crippen LogP contribution is -2.10. The molecule has 0 spiro atoms. The molecule has 6 heteroatoms. The Hall–Kier alpha value is -2.73. The smallest absolute Gasteiger partial charge is 0.258 e. The average molecular weight is 297 g/mol. The van der Waals surface area contributed by atoms with Crippen LogP contribution in [0.1, 0.15) is 10.4 Å². The first-order chi connectivity index (χ1) is 10.3. The number of nitrogens with zero attached hydrogens (tertiary/aromatic N) is 2. The van der Waals surface area contributed by atoms with Crippen molar-refractivity contribution in [2.75, 3.05) is 5.32 Å². The van der Waals surface area contributed by atoms with E-state index in [0.29, 0.717) is 22.9 Å². The molecule has 104 valence electrons. The molecule has 0 atom stereocenters. The molecule has 1 N–H and O–H groups in total. The number of benzene rings is 1. The zero-order valence-corrected chi connectivity index (χ0v) is 11.7. The van der Waals surface area contributed by atoms with E-state index < -0.39 is 0 Å². The number of anilines is 1. The quantitative estimate of drug-likeness (QED) is 0.799. The highest BCUT2D eigenvalue weighted by molar-refractivity contribution is 7.03. The van der Waals surface area contributed by atoms with Gasteiger partial charge in [0.2, 0.25) is 5.88 Å². The van der Waals surface area contributed by atoms with Crippen LogP contribution in [0.2, 0.25) is 0 Å². The highest BCUT2D eigenvalue weighted by Crippen LogP contribution is 2.20. The summed E-state index contributed by atoms with van der Waals surface area (Å²) < 4.78 is 9.47. The van der Waals surface area contributed by atoms with Gasteiger partial charge in [-0.25, -0.2) is 9.36 Å². The second-order valence-corrected chi connectivity index (χ2v) is 4.82. The summed E-state index contributed by atoms with van der Waals surface area (Å²) in [7, 11) is 0. The molecule has 1 amide bonds. The van der Waals surface area contributed by atoms with Crippen molar-refractivity contribution in [2.45, 2.75) is 0 Å². The Balaban J connectivity index is 1.65. The Labute approximate surface area is 125 Å². The van der Waals surface area contributed by atoms with Gasteiger partial charge in [-0.05, 0) is 29.7 Å². The van der Waals surface area contributed by atoms with Gasteiger partial charge in [0.15, 0.2) is 0 Å². The van der Waals surface area contributed by atoms with Crippen LogP contribution in [0.15, 0.2) is 60.2 Å². The van der Waals surface area contributed by atoms with Gasteiger partial charge in [0.1, 0.15) is 5.75 Å². The molecule has 0 bridgehead atoms. The van der Waals surface area contributed by atoms with E-state index in [1.165, 1.54) is 17.7 Å². The third-order valence-corrected chi connectivity index (χ3v) is 3.24. The first-order valence-electron chi connectivity index (χ1n) is 6.21. The van der Waals surface area contributed by atoms with Crippen molar-refractivity contribution < 1.29 is 9.53 Å². The summed E-state index contributed by atoms with van der Waals surface area (Å²) in [4.78, 5) is 16.0. The summed E-state index contributed by atoms with van der Waals surface area (Å²) in [6.07, 6.45) is 3.08. The molecule has 0 aliphatic rings. The molecule has 3 rings (SSSR count). The van der Waals surface area contributed by atoms with E-state index in [-0.39, 0.29) is 5.91 Å². The Morgan fingerprint density at radius 3 is 2.62 bits per heavy atom. The van der Waals surface area contributed by atoms with E-state index in [9.17, 15) is 4.79 Å². The largest absolute Gasteiger partial charge is 0.439 e.